The van der Waals surface area contributed by atoms with E-state index in [0.717, 1.165) is 13.2 Å². The standard InChI is InChI=1S/C10H17N3O2/c1-8(7-14-2)4-11-10-12-5-9(15-3)6-13-10/h5-6,8H,4,7H2,1-3H3,(H,11,12,13). The molecule has 1 unspecified atom stereocenters. The van der Waals surface area contributed by atoms with Gasteiger partial charge in [-0.05, 0) is 5.92 Å². The maximum Gasteiger partial charge on any atom is 0.222 e. The van der Waals surface area contributed by atoms with Crippen molar-refractivity contribution in [2.45, 2.75) is 6.92 Å². The topological polar surface area (TPSA) is 56.3 Å². The number of hydrogen-bond acceptors (Lipinski definition) is 5. The second-order valence-corrected chi connectivity index (χ2v) is 3.39. The summed E-state index contributed by atoms with van der Waals surface area (Å²) in [5.41, 5.74) is 0. The minimum Gasteiger partial charge on any atom is -0.494 e. The Hall–Kier alpha value is -1.36. The Labute approximate surface area is 89.8 Å². The fourth-order valence-electron chi connectivity index (χ4n) is 1.12. The summed E-state index contributed by atoms with van der Waals surface area (Å²) in [6.45, 7) is 3.61. The van der Waals surface area contributed by atoms with E-state index in [4.69, 9.17) is 9.47 Å². The van der Waals surface area contributed by atoms with Gasteiger partial charge >= 0.3 is 0 Å². The van der Waals surface area contributed by atoms with E-state index in [1.807, 2.05) is 0 Å². The van der Waals surface area contributed by atoms with Crippen LogP contribution in [-0.2, 0) is 4.74 Å². The van der Waals surface area contributed by atoms with Gasteiger partial charge in [0.2, 0.25) is 5.95 Å². The van der Waals surface area contributed by atoms with Crippen molar-refractivity contribution in [3.63, 3.8) is 0 Å². The van der Waals surface area contributed by atoms with Gasteiger partial charge in [0.1, 0.15) is 0 Å². The van der Waals surface area contributed by atoms with Crippen molar-refractivity contribution in [3.05, 3.63) is 12.4 Å². The zero-order valence-electron chi connectivity index (χ0n) is 9.36. The summed E-state index contributed by atoms with van der Waals surface area (Å²) in [5, 5.41) is 3.12. The van der Waals surface area contributed by atoms with E-state index < -0.39 is 0 Å². The number of methoxy groups -OCH3 is 2. The Bertz CT molecular complexity index is 277. The highest BCUT2D eigenvalue weighted by atomic mass is 16.5. The van der Waals surface area contributed by atoms with E-state index in [1.54, 1.807) is 26.6 Å². The SMILES string of the molecule is COCC(C)CNc1ncc(OC)cn1. The van der Waals surface area contributed by atoms with Crippen LogP contribution >= 0.6 is 0 Å². The molecular formula is C10H17N3O2. The molecule has 0 aliphatic heterocycles. The van der Waals surface area contributed by atoms with Crippen molar-refractivity contribution >= 4 is 5.95 Å². The molecule has 0 amide bonds. The normalized spacial score (nSPS) is 12.2. The van der Waals surface area contributed by atoms with Gasteiger partial charge in [0.25, 0.3) is 0 Å². The van der Waals surface area contributed by atoms with Crippen LogP contribution in [0.4, 0.5) is 5.95 Å². The Morgan fingerprint density at radius 3 is 2.53 bits per heavy atom. The molecule has 0 saturated carbocycles. The van der Waals surface area contributed by atoms with E-state index in [0.29, 0.717) is 17.6 Å². The minimum absolute atomic E-state index is 0.431. The highest BCUT2D eigenvalue weighted by Gasteiger charge is 2.02. The highest BCUT2D eigenvalue weighted by Crippen LogP contribution is 2.07. The van der Waals surface area contributed by atoms with Crippen LogP contribution in [0.5, 0.6) is 5.75 Å². The molecule has 15 heavy (non-hydrogen) atoms. The zero-order chi connectivity index (χ0) is 11.1. The van der Waals surface area contributed by atoms with E-state index >= 15 is 0 Å². The second-order valence-electron chi connectivity index (χ2n) is 3.39. The molecule has 5 nitrogen and oxygen atoms in total. The smallest absolute Gasteiger partial charge is 0.222 e. The summed E-state index contributed by atoms with van der Waals surface area (Å²) >= 11 is 0. The first-order chi connectivity index (χ1) is 7.26. The van der Waals surface area contributed by atoms with Crippen LogP contribution in [-0.4, -0.2) is 37.3 Å². The first-order valence-corrected chi connectivity index (χ1v) is 4.85. The number of aromatic nitrogens is 2. The summed E-state index contributed by atoms with van der Waals surface area (Å²) in [7, 11) is 3.28. The Morgan fingerprint density at radius 1 is 1.33 bits per heavy atom. The van der Waals surface area contributed by atoms with Crippen molar-refractivity contribution < 1.29 is 9.47 Å². The zero-order valence-corrected chi connectivity index (χ0v) is 9.36. The molecule has 1 heterocycles. The summed E-state index contributed by atoms with van der Waals surface area (Å²) in [4.78, 5) is 8.19. The third-order valence-corrected chi connectivity index (χ3v) is 1.92. The monoisotopic (exact) mass is 211 g/mol. The fourth-order valence-corrected chi connectivity index (χ4v) is 1.12. The largest absolute Gasteiger partial charge is 0.494 e. The molecule has 1 aromatic heterocycles. The predicted octanol–water partition coefficient (Wildman–Crippen LogP) is 1.18. The highest BCUT2D eigenvalue weighted by molar-refractivity contribution is 5.26. The van der Waals surface area contributed by atoms with Crippen LogP contribution < -0.4 is 10.1 Å². The second kappa shape index (κ2) is 6.19. The molecule has 84 valence electrons. The van der Waals surface area contributed by atoms with Crippen LogP contribution in [0.25, 0.3) is 0 Å². The number of rotatable bonds is 6. The van der Waals surface area contributed by atoms with Gasteiger partial charge in [-0.15, -0.1) is 0 Å². The summed E-state index contributed by atoms with van der Waals surface area (Å²) in [6, 6.07) is 0. The van der Waals surface area contributed by atoms with Gasteiger partial charge in [-0.3, -0.25) is 0 Å². The van der Waals surface area contributed by atoms with E-state index in [9.17, 15) is 0 Å². The average Bonchev–Trinajstić information content (AvgIpc) is 2.27. The predicted molar refractivity (Wildman–Crippen MR) is 58.1 cm³/mol. The van der Waals surface area contributed by atoms with E-state index in [1.165, 1.54) is 0 Å². The molecule has 0 spiro atoms. The molecule has 0 aliphatic carbocycles. The molecule has 1 aromatic rings. The summed E-state index contributed by atoms with van der Waals surface area (Å²) in [5.74, 6) is 1.70. The van der Waals surface area contributed by atoms with Crippen molar-refractivity contribution in [3.8, 4) is 5.75 Å². The lowest BCUT2D eigenvalue weighted by atomic mass is 10.2. The average molecular weight is 211 g/mol. The lowest BCUT2D eigenvalue weighted by Crippen LogP contribution is -2.17. The molecule has 0 bridgehead atoms. The third kappa shape index (κ3) is 4.12. The Kier molecular flexibility index (Phi) is 4.83. The third-order valence-electron chi connectivity index (χ3n) is 1.92. The summed E-state index contributed by atoms with van der Waals surface area (Å²) < 4.78 is 9.99. The first-order valence-electron chi connectivity index (χ1n) is 4.85. The number of nitrogens with one attached hydrogen (secondary N) is 1. The number of ether oxygens (including phenoxy) is 2. The lowest BCUT2D eigenvalue weighted by molar-refractivity contribution is 0.164. The molecule has 0 saturated heterocycles. The van der Waals surface area contributed by atoms with Crippen LogP contribution in [0.15, 0.2) is 12.4 Å². The fraction of sp³-hybridized carbons (Fsp3) is 0.600. The van der Waals surface area contributed by atoms with Gasteiger partial charge in [-0.2, -0.15) is 0 Å². The van der Waals surface area contributed by atoms with Gasteiger partial charge in [-0.1, -0.05) is 6.92 Å². The number of nitrogens with zero attached hydrogens (tertiary/aromatic N) is 2. The van der Waals surface area contributed by atoms with Gasteiger partial charge in [0.15, 0.2) is 5.75 Å². The lowest BCUT2D eigenvalue weighted by Gasteiger charge is -2.11. The number of hydrogen-bond donors (Lipinski definition) is 1. The van der Waals surface area contributed by atoms with E-state index in [-0.39, 0.29) is 0 Å². The van der Waals surface area contributed by atoms with Crippen molar-refractivity contribution in [1.82, 2.24) is 9.97 Å². The molecule has 1 rings (SSSR count). The van der Waals surface area contributed by atoms with E-state index in [2.05, 4.69) is 22.2 Å². The Balaban J connectivity index is 2.37. The van der Waals surface area contributed by atoms with Crippen LogP contribution in [0.3, 0.4) is 0 Å². The molecular weight excluding hydrogens is 194 g/mol. The van der Waals surface area contributed by atoms with Gasteiger partial charge in [-0.25, -0.2) is 9.97 Å². The quantitative estimate of drug-likeness (QED) is 0.765. The maximum atomic E-state index is 5.03. The number of anilines is 1. The summed E-state index contributed by atoms with van der Waals surface area (Å²) in [6.07, 6.45) is 3.27. The molecule has 0 fully saturated rings. The maximum absolute atomic E-state index is 5.03. The molecule has 0 aliphatic rings. The van der Waals surface area contributed by atoms with Crippen molar-refractivity contribution in [1.29, 1.82) is 0 Å². The molecule has 0 radical (unpaired) electrons. The van der Waals surface area contributed by atoms with Gasteiger partial charge < -0.3 is 14.8 Å². The van der Waals surface area contributed by atoms with Gasteiger partial charge in [0, 0.05) is 13.7 Å². The molecule has 1 atom stereocenters. The van der Waals surface area contributed by atoms with Crippen LogP contribution in [0, 0.1) is 5.92 Å². The molecule has 1 N–H and O–H groups in total. The molecule has 5 heteroatoms. The van der Waals surface area contributed by atoms with Crippen molar-refractivity contribution in [2.24, 2.45) is 5.92 Å². The van der Waals surface area contributed by atoms with Crippen molar-refractivity contribution in [2.75, 3.05) is 32.7 Å². The Morgan fingerprint density at radius 2 is 2.00 bits per heavy atom. The minimum atomic E-state index is 0.431. The van der Waals surface area contributed by atoms with Gasteiger partial charge in [0.05, 0.1) is 26.1 Å². The molecule has 0 aromatic carbocycles. The van der Waals surface area contributed by atoms with Crippen LogP contribution in [0.1, 0.15) is 6.92 Å². The first kappa shape index (κ1) is 11.7. The van der Waals surface area contributed by atoms with Crippen LogP contribution in [0.2, 0.25) is 0 Å².